The number of anilines is 1. The molecule has 2 aromatic carbocycles. The molecule has 0 spiro atoms. The minimum absolute atomic E-state index is 0.250. The zero-order valence-corrected chi connectivity index (χ0v) is 11.8. The first-order valence-corrected chi connectivity index (χ1v) is 6.94. The minimum atomic E-state index is -0.250. The normalized spacial score (nSPS) is 16.8. The highest BCUT2D eigenvalue weighted by Crippen LogP contribution is 2.33. The van der Waals surface area contributed by atoms with Gasteiger partial charge in [0.05, 0.1) is 11.1 Å². The van der Waals surface area contributed by atoms with Gasteiger partial charge in [-0.3, -0.25) is 0 Å². The maximum absolute atomic E-state index is 13.1. The number of nitrogens with one attached hydrogen (secondary N) is 1. The lowest BCUT2D eigenvalue weighted by Gasteiger charge is -2.12. The summed E-state index contributed by atoms with van der Waals surface area (Å²) in [7, 11) is 0. The van der Waals surface area contributed by atoms with E-state index in [-0.39, 0.29) is 5.82 Å². The molecule has 1 N–H and O–H groups in total. The van der Waals surface area contributed by atoms with Crippen LogP contribution < -0.4 is 10.1 Å². The average Bonchev–Trinajstić information content (AvgIpc) is 2.83. The van der Waals surface area contributed by atoms with E-state index in [0.717, 1.165) is 18.0 Å². The van der Waals surface area contributed by atoms with Gasteiger partial charge in [0, 0.05) is 23.7 Å². The van der Waals surface area contributed by atoms with Crippen molar-refractivity contribution in [3.63, 3.8) is 0 Å². The molecule has 2 nitrogen and oxygen atoms in total. The highest BCUT2D eigenvalue weighted by molar-refractivity contribution is 9.10. The lowest BCUT2D eigenvalue weighted by molar-refractivity contribution is 0.334. The molecule has 2 aromatic rings. The number of fused-ring (bicyclic) bond motifs is 1. The first kappa shape index (κ1) is 12.5. The third kappa shape index (κ3) is 2.59. The quantitative estimate of drug-likeness (QED) is 0.915. The van der Waals surface area contributed by atoms with E-state index in [4.69, 9.17) is 4.74 Å². The Bertz CT molecular complexity index is 602. The van der Waals surface area contributed by atoms with Crippen molar-refractivity contribution in [2.75, 3.05) is 18.5 Å². The van der Waals surface area contributed by atoms with Gasteiger partial charge in [-0.15, -0.1) is 0 Å². The molecule has 1 unspecified atom stereocenters. The summed E-state index contributed by atoms with van der Waals surface area (Å²) in [5, 5.41) is 3.32. The summed E-state index contributed by atoms with van der Waals surface area (Å²) in [6.07, 6.45) is 0. The van der Waals surface area contributed by atoms with Crippen LogP contribution in [-0.2, 0) is 0 Å². The highest BCUT2D eigenvalue weighted by Gasteiger charge is 2.23. The number of hydrogen-bond acceptors (Lipinski definition) is 2. The number of para-hydroxylation sites is 1. The van der Waals surface area contributed by atoms with E-state index in [1.165, 1.54) is 11.6 Å². The van der Waals surface area contributed by atoms with Crippen LogP contribution >= 0.6 is 15.9 Å². The van der Waals surface area contributed by atoms with Crippen LogP contribution in [0.3, 0.4) is 0 Å². The maximum atomic E-state index is 13.1. The summed E-state index contributed by atoms with van der Waals surface area (Å²) >= 11 is 3.19. The Balaban J connectivity index is 1.69. The van der Waals surface area contributed by atoms with Gasteiger partial charge in [0.25, 0.3) is 0 Å². The van der Waals surface area contributed by atoms with E-state index in [0.29, 0.717) is 17.0 Å². The summed E-state index contributed by atoms with van der Waals surface area (Å²) in [5.41, 5.74) is 2.13. The lowest BCUT2D eigenvalue weighted by atomic mass is 10.0. The van der Waals surface area contributed by atoms with Gasteiger partial charge in [-0.05, 0) is 40.2 Å². The molecular formula is C15H13BrFNO. The standard InChI is InChI=1S/C15H13BrFNO/c16-13-7-11(5-6-14(13)17)18-8-10-9-19-15-4-2-1-3-12(10)15/h1-7,10,18H,8-9H2. The van der Waals surface area contributed by atoms with Crippen molar-refractivity contribution in [1.82, 2.24) is 0 Å². The molecule has 4 heteroatoms. The molecule has 0 aromatic heterocycles. The van der Waals surface area contributed by atoms with Crippen molar-refractivity contribution in [3.05, 3.63) is 58.3 Å². The van der Waals surface area contributed by atoms with E-state index in [1.807, 2.05) is 18.2 Å². The van der Waals surface area contributed by atoms with Gasteiger partial charge in [-0.25, -0.2) is 4.39 Å². The molecule has 19 heavy (non-hydrogen) atoms. The molecule has 1 aliphatic heterocycles. The van der Waals surface area contributed by atoms with Gasteiger partial charge in [-0.1, -0.05) is 18.2 Å². The Morgan fingerprint density at radius 3 is 2.95 bits per heavy atom. The van der Waals surface area contributed by atoms with Crippen LogP contribution in [0.2, 0.25) is 0 Å². The Morgan fingerprint density at radius 1 is 1.26 bits per heavy atom. The van der Waals surface area contributed by atoms with Crippen molar-refractivity contribution < 1.29 is 9.13 Å². The molecule has 0 bridgehead atoms. The zero-order valence-electron chi connectivity index (χ0n) is 10.2. The van der Waals surface area contributed by atoms with Gasteiger partial charge in [0.2, 0.25) is 0 Å². The summed E-state index contributed by atoms with van der Waals surface area (Å²) in [6.45, 7) is 1.46. The topological polar surface area (TPSA) is 21.3 Å². The van der Waals surface area contributed by atoms with Gasteiger partial charge in [-0.2, -0.15) is 0 Å². The van der Waals surface area contributed by atoms with E-state index >= 15 is 0 Å². The minimum Gasteiger partial charge on any atom is -0.493 e. The van der Waals surface area contributed by atoms with Gasteiger partial charge < -0.3 is 10.1 Å². The van der Waals surface area contributed by atoms with Crippen LogP contribution in [0.4, 0.5) is 10.1 Å². The maximum Gasteiger partial charge on any atom is 0.137 e. The van der Waals surface area contributed by atoms with Crippen LogP contribution in [0.25, 0.3) is 0 Å². The molecule has 1 aliphatic rings. The summed E-state index contributed by atoms with van der Waals surface area (Å²) in [6, 6.07) is 13.0. The second kappa shape index (κ2) is 5.21. The number of benzene rings is 2. The van der Waals surface area contributed by atoms with Crippen molar-refractivity contribution in [2.45, 2.75) is 5.92 Å². The number of ether oxygens (including phenoxy) is 1. The van der Waals surface area contributed by atoms with Crippen molar-refractivity contribution in [1.29, 1.82) is 0 Å². The first-order valence-electron chi connectivity index (χ1n) is 6.14. The Kier molecular flexibility index (Phi) is 3.42. The van der Waals surface area contributed by atoms with Crippen LogP contribution in [0.1, 0.15) is 11.5 Å². The molecule has 1 heterocycles. The molecule has 0 saturated heterocycles. The number of rotatable bonds is 3. The Morgan fingerprint density at radius 2 is 2.11 bits per heavy atom. The molecule has 1 atom stereocenters. The highest BCUT2D eigenvalue weighted by atomic mass is 79.9. The van der Waals surface area contributed by atoms with Gasteiger partial charge >= 0.3 is 0 Å². The van der Waals surface area contributed by atoms with Crippen molar-refractivity contribution in [2.24, 2.45) is 0 Å². The molecule has 0 saturated carbocycles. The fourth-order valence-corrected chi connectivity index (χ4v) is 2.62. The second-order valence-corrected chi connectivity index (χ2v) is 5.41. The second-order valence-electron chi connectivity index (χ2n) is 4.56. The first-order chi connectivity index (χ1) is 9.24. The molecule has 98 valence electrons. The largest absolute Gasteiger partial charge is 0.493 e. The van der Waals surface area contributed by atoms with Gasteiger partial charge in [0.1, 0.15) is 11.6 Å². The molecule has 0 radical (unpaired) electrons. The van der Waals surface area contributed by atoms with Crippen LogP contribution in [0.5, 0.6) is 5.75 Å². The summed E-state index contributed by atoms with van der Waals surface area (Å²) < 4.78 is 19.2. The zero-order chi connectivity index (χ0) is 13.2. The smallest absolute Gasteiger partial charge is 0.137 e. The van der Waals surface area contributed by atoms with Gasteiger partial charge in [0.15, 0.2) is 0 Å². The SMILES string of the molecule is Fc1ccc(NCC2COc3ccccc32)cc1Br. The van der Waals surface area contributed by atoms with E-state index in [9.17, 15) is 4.39 Å². The lowest BCUT2D eigenvalue weighted by Crippen LogP contribution is -2.13. The van der Waals surface area contributed by atoms with Crippen molar-refractivity contribution >= 4 is 21.6 Å². The molecule has 0 fully saturated rings. The fraction of sp³-hybridized carbons (Fsp3) is 0.200. The van der Waals surface area contributed by atoms with Crippen LogP contribution in [0.15, 0.2) is 46.9 Å². The van der Waals surface area contributed by atoms with E-state index in [1.54, 1.807) is 12.1 Å². The van der Waals surface area contributed by atoms with Crippen molar-refractivity contribution in [3.8, 4) is 5.75 Å². The number of hydrogen-bond donors (Lipinski definition) is 1. The molecule has 0 aliphatic carbocycles. The summed E-state index contributed by atoms with van der Waals surface area (Å²) in [5.74, 6) is 1.05. The predicted molar refractivity (Wildman–Crippen MR) is 77.3 cm³/mol. The molecule has 0 amide bonds. The third-order valence-electron chi connectivity index (χ3n) is 3.27. The third-order valence-corrected chi connectivity index (χ3v) is 3.88. The average molecular weight is 322 g/mol. The Hall–Kier alpha value is -1.55. The monoisotopic (exact) mass is 321 g/mol. The molecular weight excluding hydrogens is 309 g/mol. The van der Waals surface area contributed by atoms with Crippen LogP contribution in [0, 0.1) is 5.82 Å². The fourth-order valence-electron chi connectivity index (χ4n) is 2.25. The van der Waals surface area contributed by atoms with E-state index < -0.39 is 0 Å². The Labute approximate surface area is 119 Å². The number of halogens is 2. The predicted octanol–water partition coefficient (Wildman–Crippen LogP) is 4.18. The molecule has 3 rings (SSSR count). The van der Waals surface area contributed by atoms with Crippen LogP contribution in [-0.4, -0.2) is 13.2 Å². The summed E-state index contributed by atoms with van der Waals surface area (Å²) in [4.78, 5) is 0. The van der Waals surface area contributed by atoms with E-state index in [2.05, 4.69) is 27.3 Å².